The van der Waals surface area contributed by atoms with Gasteiger partial charge in [-0.2, -0.15) is 0 Å². The Kier molecular flexibility index (Phi) is 30.6. The van der Waals surface area contributed by atoms with Crippen LogP contribution < -0.4 is 10.8 Å². The maximum absolute atomic E-state index is 8.07. The number of rotatable bonds is 10. The third-order valence-electron chi connectivity index (χ3n) is 3.32. The van der Waals surface area contributed by atoms with Crippen LogP contribution in [0, 0.1) is 0 Å². The highest BCUT2D eigenvalue weighted by molar-refractivity contribution is 5.46. The molecule has 5 heteroatoms. The number of hydrogen-bond donors (Lipinski definition) is 3. The van der Waals surface area contributed by atoms with E-state index in [-0.39, 0.29) is 0 Å². The van der Waals surface area contributed by atoms with Gasteiger partial charge < -0.3 is 9.88 Å². The number of aryl methyl sites for hydroxylation is 1. The van der Waals surface area contributed by atoms with Crippen LogP contribution in [0.3, 0.4) is 0 Å². The maximum atomic E-state index is 8.07. The number of nitrogens with one attached hydrogen (secondary N) is 2. The van der Waals surface area contributed by atoms with E-state index in [1.165, 1.54) is 25.8 Å². The first-order chi connectivity index (χ1) is 14.1. The summed E-state index contributed by atoms with van der Waals surface area (Å²) in [4.78, 5) is 4.01. The van der Waals surface area contributed by atoms with E-state index in [9.17, 15) is 0 Å². The van der Waals surface area contributed by atoms with Gasteiger partial charge >= 0.3 is 0 Å². The summed E-state index contributed by atoms with van der Waals surface area (Å²) < 4.78 is 1.98. The zero-order valence-electron chi connectivity index (χ0n) is 19.9. The fourth-order valence-corrected chi connectivity index (χ4v) is 1.81. The van der Waals surface area contributed by atoms with Crippen molar-refractivity contribution in [2.75, 3.05) is 13.1 Å². The van der Waals surface area contributed by atoms with Gasteiger partial charge in [0.2, 0.25) is 0 Å². The van der Waals surface area contributed by atoms with Crippen LogP contribution in [0.15, 0.2) is 55.2 Å². The summed E-state index contributed by atoms with van der Waals surface area (Å²) in [6.45, 7) is 18.1. The molecule has 0 radical (unpaired) electrons. The minimum atomic E-state index is 0.502. The second kappa shape index (κ2) is 28.1. The van der Waals surface area contributed by atoms with Crippen LogP contribution >= 0.6 is 0 Å². The van der Waals surface area contributed by atoms with Crippen LogP contribution in [0.4, 0.5) is 0 Å². The number of hydrogen-bond acceptors (Lipinski definition) is 4. The van der Waals surface area contributed by atoms with E-state index in [0.717, 1.165) is 18.7 Å². The molecule has 1 heterocycles. The number of hydroxylamine groups is 1. The lowest BCUT2D eigenvalue weighted by atomic mass is 10.2. The lowest BCUT2D eigenvalue weighted by Crippen LogP contribution is -2.13. The quantitative estimate of drug-likeness (QED) is 0.243. The molecule has 0 aliphatic rings. The van der Waals surface area contributed by atoms with E-state index in [2.05, 4.69) is 43.7 Å². The number of nitrogens with zero attached hydrogens (tertiary/aromatic N) is 2. The van der Waals surface area contributed by atoms with Gasteiger partial charge in [-0.3, -0.25) is 10.7 Å². The number of unbranched alkanes of at least 4 members (excludes halogenated alkanes) is 2. The lowest BCUT2D eigenvalue weighted by molar-refractivity contribution is 0.205. The van der Waals surface area contributed by atoms with E-state index in [1.54, 1.807) is 18.5 Å². The van der Waals surface area contributed by atoms with Gasteiger partial charge in [-0.15, -0.1) is 0 Å². The van der Waals surface area contributed by atoms with Gasteiger partial charge in [0.1, 0.15) is 0 Å². The molecule has 29 heavy (non-hydrogen) atoms. The Labute approximate surface area is 180 Å². The minimum absolute atomic E-state index is 0.502. The molecule has 1 rings (SSSR count). The van der Waals surface area contributed by atoms with Gasteiger partial charge in [0, 0.05) is 7.05 Å². The monoisotopic (exact) mass is 406 g/mol. The average Bonchev–Trinajstić information content (AvgIpc) is 3.16. The highest BCUT2D eigenvalue weighted by atomic mass is 16.5. The zero-order valence-corrected chi connectivity index (χ0v) is 19.9. The summed E-state index contributed by atoms with van der Waals surface area (Å²) >= 11 is 0. The van der Waals surface area contributed by atoms with Gasteiger partial charge in [-0.05, 0) is 45.0 Å². The fourth-order valence-electron chi connectivity index (χ4n) is 1.81. The summed E-state index contributed by atoms with van der Waals surface area (Å²) in [5, 5.41) is 11.3. The molecule has 0 spiro atoms. The van der Waals surface area contributed by atoms with Crippen molar-refractivity contribution >= 4 is 6.08 Å². The Balaban J connectivity index is -0.000000351. The van der Waals surface area contributed by atoms with Gasteiger partial charge in [0.25, 0.3) is 0 Å². The molecule has 168 valence electrons. The summed E-state index contributed by atoms with van der Waals surface area (Å²) in [6, 6.07) is 0. The molecule has 0 bridgehead atoms. The maximum Gasteiger partial charge on any atom is 0.0948 e. The molecule has 0 unspecified atom stereocenters. The average molecular weight is 407 g/mol. The second-order valence-corrected chi connectivity index (χ2v) is 5.82. The Morgan fingerprint density at radius 1 is 1.21 bits per heavy atom. The third-order valence-corrected chi connectivity index (χ3v) is 3.32. The fraction of sp³-hybridized carbons (Fsp3) is 0.542. The summed E-state index contributed by atoms with van der Waals surface area (Å²) in [7, 11) is 1.98. The smallest absolute Gasteiger partial charge is 0.0948 e. The highest BCUT2D eigenvalue weighted by Gasteiger charge is 1.88. The first-order valence-corrected chi connectivity index (χ1v) is 10.8. The predicted octanol–water partition coefficient (Wildman–Crippen LogP) is 6.27. The van der Waals surface area contributed by atoms with Crippen LogP contribution in [0.25, 0.3) is 6.08 Å². The first kappa shape index (κ1) is 31.6. The molecule has 0 aliphatic carbocycles. The molecular weight excluding hydrogens is 360 g/mol. The van der Waals surface area contributed by atoms with Crippen molar-refractivity contribution in [3.05, 3.63) is 60.9 Å². The predicted molar refractivity (Wildman–Crippen MR) is 130 cm³/mol. The topological polar surface area (TPSA) is 62.1 Å². The van der Waals surface area contributed by atoms with E-state index >= 15 is 0 Å². The molecule has 0 saturated carbocycles. The molecule has 0 amide bonds. The SMILES string of the molecule is C=C(/C=C/C)NO.CC.CC/C=C\C=C/c1cncn1C.CCCCCNCC. The molecule has 0 atom stereocenters. The van der Waals surface area contributed by atoms with Crippen molar-refractivity contribution in [1.82, 2.24) is 20.3 Å². The molecule has 0 aliphatic heterocycles. The van der Waals surface area contributed by atoms with Crippen molar-refractivity contribution in [3.8, 4) is 0 Å². The first-order valence-electron chi connectivity index (χ1n) is 10.8. The molecule has 5 nitrogen and oxygen atoms in total. The number of allylic oxidation sites excluding steroid dienone is 5. The van der Waals surface area contributed by atoms with Crippen molar-refractivity contribution < 1.29 is 5.21 Å². The molecule has 1 aromatic rings. The Hall–Kier alpha value is -2.11. The summed E-state index contributed by atoms with van der Waals surface area (Å²) in [6.07, 6.45) is 20.4. The highest BCUT2D eigenvalue weighted by Crippen LogP contribution is 1.99. The van der Waals surface area contributed by atoms with Crippen LogP contribution in [0.1, 0.15) is 72.9 Å². The third kappa shape index (κ3) is 25.9. The van der Waals surface area contributed by atoms with Gasteiger partial charge in [0.15, 0.2) is 0 Å². The number of aromatic nitrogens is 2. The van der Waals surface area contributed by atoms with Gasteiger partial charge in [-0.1, -0.05) is 78.3 Å². The standard InChI is InChI=1S/C10H14N2.C7H17N.C5H9NO.C2H6/c1-3-4-5-6-7-10-8-11-9-12(10)2;1-3-5-6-7-8-4-2;1-3-4-5(2)6-7;1-2/h4-9H,3H2,1-2H3;8H,3-7H2,1-2H3;3-4,6-7H,2H2,1H3;1-2H3/b5-4-,7-6-;;4-3+;. The van der Waals surface area contributed by atoms with Crippen LogP contribution in [-0.2, 0) is 7.05 Å². The van der Waals surface area contributed by atoms with Crippen LogP contribution in [-0.4, -0.2) is 27.8 Å². The van der Waals surface area contributed by atoms with E-state index in [4.69, 9.17) is 5.21 Å². The van der Waals surface area contributed by atoms with E-state index in [0.29, 0.717) is 5.70 Å². The zero-order chi connectivity index (χ0) is 22.8. The van der Waals surface area contributed by atoms with E-state index in [1.807, 2.05) is 62.3 Å². The molecule has 0 saturated heterocycles. The molecule has 0 fully saturated rings. The lowest BCUT2D eigenvalue weighted by Gasteiger charge is -1.97. The van der Waals surface area contributed by atoms with Crippen molar-refractivity contribution in [1.29, 1.82) is 0 Å². The number of imidazole rings is 1. The largest absolute Gasteiger partial charge is 0.334 e. The van der Waals surface area contributed by atoms with Crippen molar-refractivity contribution in [2.45, 2.75) is 67.2 Å². The Morgan fingerprint density at radius 2 is 1.90 bits per heavy atom. The van der Waals surface area contributed by atoms with Crippen LogP contribution in [0.5, 0.6) is 0 Å². The van der Waals surface area contributed by atoms with Gasteiger partial charge in [-0.25, -0.2) is 4.98 Å². The molecular formula is C24H46N4O. The van der Waals surface area contributed by atoms with Crippen molar-refractivity contribution in [3.63, 3.8) is 0 Å². The Bertz CT molecular complexity index is 525. The minimum Gasteiger partial charge on any atom is -0.334 e. The molecule has 3 N–H and O–H groups in total. The van der Waals surface area contributed by atoms with Crippen LogP contribution in [0.2, 0.25) is 0 Å². The van der Waals surface area contributed by atoms with Gasteiger partial charge in [0.05, 0.1) is 23.9 Å². The normalized spacial score (nSPS) is 10.1. The Morgan fingerprint density at radius 3 is 2.31 bits per heavy atom. The van der Waals surface area contributed by atoms with Crippen molar-refractivity contribution in [2.24, 2.45) is 7.05 Å². The van der Waals surface area contributed by atoms with E-state index < -0.39 is 0 Å². The second-order valence-electron chi connectivity index (χ2n) is 5.82. The molecule has 0 aromatic carbocycles. The summed E-state index contributed by atoms with van der Waals surface area (Å²) in [5.74, 6) is 0. The molecule has 1 aromatic heterocycles. The summed E-state index contributed by atoms with van der Waals surface area (Å²) in [5.41, 5.74) is 3.51.